The van der Waals surface area contributed by atoms with Gasteiger partial charge < -0.3 is 20.0 Å². The molecule has 7 heteroatoms. The number of carbonyl (C=O) groups excluding carboxylic acids is 1. The van der Waals surface area contributed by atoms with Crippen LogP contribution in [-0.4, -0.2) is 39.5 Å². The summed E-state index contributed by atoms with van der Waals surface area (Å²) in [6, 6.07) is 16.3. The minimum atomic E-state index is -0.151. The molecule has 1 N–H and O–H groups in total. The van der Waals surface area contributed by atoms with Gasteiger partial charge in [-0.1, -0.05) is 12.1 Å². The lowest BCUT2D eigenvalue weighted by atomic mass is 10.2. The highest BCUT2D eigenvalue weighted by atomic mass is 16.1. The second-order valence-corrected chi connectivity index (χ2v) is 6.92. The van der Waals surface area contributed by atoms with Gasteiger partial charge in [-0.3, -0.25) is 4.79 Å². The molecule has 2 aromatic carbocycles. The monoisotopic (exact) mass is 364 g/mol. The number of hydrogen-bond donors (Lipinski definition) is 1. The third-order valence-electron chi connectivity index (χ3n) is 5.31. The molecule has 2 aliphatic heterocycles. The maximum absolute atomic E-state index is 10.8. The third-order valence-corrected chi connectivity index (χ3v) is 5.31. The second kappa shape index (κ2) is 7.26. The summed E-state index contributed by atoms with van der Waals surface area (Å²) in [6.07, 6.45) is 2.75. The molecule has 0 bridgehead atoms. The van der Waals surface area contributed by atoms with Gasteiger partial charge in [-0.25, -0.2) is 0 Å². The van der Waals surface area contributed by atoms with E-state index in [0.717, 1.165) is 48.5 Å². The number of nitrogens with zero attached hydrogens (tertiary/aromatic N) is 5. The van der Waals surface area contributed by atoms with Crippen molar-refractivity contribution in [1.82, 2.24) is 5.32 Å². The molecule has 4 rings (SSSR count). The molecule has 2 aromatic rings. The Morgan fingerprint density at radius 2 is 1.70 bits per heavy atom. The average Bonchev–Trinajstić information content (AvgIpc) is 3.25. The molecular weight excluding hydrogens is 340 g/mol. The molecule has 140 valence electrons. The van der Waals surface area contributed by atoms with E-state index in [1.807, 2.05) is 50.5 Å². The van der Waals surface area contributed by atoms with Gasteiger partial charge in [0, 0.05) is 26.3 Å². The molecular formula is C20H24N6O. The Hall–Kier alpha value is -3.09. The van der Waals surface area contributed by atoms with Gasteiger partial charge in [0.2, 0.25) is 12.7 Å². The molecule has 2 heterocycles. The van der Waals surface area contributed by atoms with E-state index < -0.39 is 0 Å². The van der Waals surface area contributed by atoms with Gasteiger partial charge in [-0.15, -0.1) is 5.11 Å². The fraction of sp³-hybridized carbons (Fsp3) is 0.350. The normalized spacial score (nSPS) is 19.8. The zero-order valence-corrected chi connectivity index (χ0v) is 15.6. The number of fused-ring (bicyclic) bond motifs is 1. The smallest absolute Gasteiger partial charge is 0.218 e. The summed E-state index contributed by atoms with van der Waals surface area (Å²) in [7, 11) is 4.06. The summed E-state index contributed by atoms with van der Waals surface area (Å²) < 4.78 is 0. The SMILES string of the molecule is CN1c2ccccc2N(C)C1N=Nc1ccc(N2CCCC2NC=O)cc1. The quantitative estimate of drug-likeness (QED) is 0.653. The second-order valence-electron chi connectivity index (χ2n) is 6.92. The zero-order valence-electron chi connectivity index (χ0n) is 15.6. The maximum Gasteiger partial charge on any atom is 0.218 e. The summed E-state index contributed by atoms with van der Waals surface area (Å²) in [5.41, 5.74) is 4.22. The largest absolute Gasteiger partial charge is 0.351 e. The van der Waals surface area contributed by atoms with Crippen LogP contribution in [0.15, 0.2) is 58.8 Å². The van der Waals surface area contributed by atoms with E-state index in [4.69, 9.17) is 0 Å². The van der Waals surface area contributed by atoms with Gasteiger partial charge in [0.1, 0.15) is 6.17 Å². The minimum Gasteiger partial charge on any atom is -0.351 e. The van der Waals surface area contributed by atoms with Crippen molar-refractivity contribution in [3.8, 4) is 0 Å². The molecule has 1 amide bonds. The van der Waals surface area contributed by atoms with Crippen LogP contribution in [0.4, 0.5) is 22.7 Å². The van der Waals surface area contributed by atoms with E-state index >= 15 is 0 Å². The van der Waals surface area contributed by atoms with Gasteiger partial charge in [0.25, 0.3) is 0 Å². The van der Waals surface area contributed by atoms with E-state index in [9.17, 15) is 4.79 Å². The lowest BCUT2D eigenvalue weighted by Gasteiger charge is -2.26. The van der Waals surface area contributed by atoms with E-state index in [0.29, 0.717) is 0 Å². The van der Waals surface area contributed by atoms with Crippen molar-refractivity contribution < 1.29 is 4.79 Å². The molecule has 0 aromatic heterocycles. The molecule has 0 aliphatic carbocycles. The summed E-state index contributed by atoms with van der Waals surface area (Å²) >= 11 is 0. The number of carbonyl (C=O) groups is 1. The first-order valence-corrected chi connectivity index (χ1v) is 9.21. The average molecular weight is 364 g/mol. The van der Waals surface area contributed by atoms with E-state index in [1.54, 1.807) is 0 Å². The molecule has 0 spiro atoms. The van der Waals surface area contributed by atoms with Crippen LogP contribution in [0.1, 0.15) is 12.8 Å². The highest BCUT2D eigenvalue weighted by Gasteiger charge is 2.30. The van der Waals surface area contributed by atoms with Crippen LogP contribution in [0, 0.1) is 0 Å². The van der Waals surface area contributed by atoms with Crippen molar-refractivity contribution in [1.29, 1.82) is 0 Å². The van der Waals surface area contributed by atoms with E-state index in [2.05, 4.69) is 42.4 Å². The van der Waals surface area contributed by atoms with Crippen LogP contribution >= 0.6 is 0 Å². The molecule has 1 saturated heterocycles. The molecule has 1 fully saturated rings. The third kappa shape index (κ3) is 3.20. The lowest BCUT2D eigenvalue weighted by Crippen LogP contribution is -2.40. The number of para-hydroxylation sites is 2. The topological polar surface area (TPSA) is 63.5 Å². The molecule has 1 unspecified atom stereocenters. The van der Waals surface area contributed by atoms with Crippen LogP contribution < -0.4 is 20.0 Å². The van der Waals surface area contributed by atoms with Crippen LogP contribution in [0.2, 0.25) is 0 Å². The molecule has 1 atom stereocenters. The van der Waals surface area contributed by atoms with Crippen molar-refractivity contribution in [2.75, 3.05) is 35.3 Å². The standard InChI is InChI=1S/C20H24N6O/c1-24-17-6-3-4-7-18(17)25(2)20(24)23-22-15-9-11-16(12-10-15)26-13-5-8-19(26)21-14-27/h3-4,6-7,9-12,14,19-20H,5,8,13H2,1-2H3,(H,21,27). The Kier molecular flexibility index (Phi) is 4.66. The van der Waals surface area contributed by atoms with Crippen molar-refractivity contribution in [3.05, 3.63) is 48.5 Å². The molecule has 0 saturated carbocycles. The van der Waals surface area contributed by atoms with Crippen LogP contribution in [0.3, 0.4) is 0 Å². The van der Waals surface area contributed by atoms with Crippen LogP contribution in [-0.2, 0) is 4.79 Å². The maximum atomic E-state index is 10.8. The van der Waals surface area contributed by atoms with Crippen LogP contribution in [0.25, 0.3) is 0 Å². The van der Waals surface area contributed by atoms with E-state index in [-0.39, 0.29) is 12.5 Å². The van der Waals surface area contributed by atoms with E-state index in [1.165, 1.54) is 0 Å². The number of nitrogens with one attached hydrogen (secondary N) is 1. The number of anilines is 3. The Balaban J connectivity index is 1.47. The zero-order chi connectivity index (χ0) is 18.8. The lowest BCUT2D eigenvalue weighted by molar-refractivity contribution is -0.110. The molecule has 0 radical (unpaired) electrons. The summed E-state index contributed by atoms with van der Waals surface area (Å²) in [5, 5.41) is 11.9. The number of hydrogen-bond acceptors (Lipinski definition) is 6. The predicted octanol–water partition coefficient (Wildman–Crippen LogP) is 3.31. The van der Waals surface area contributed by atoms with Gasteiger partial charge in [0.15, 0.2) is 0 Å². The molecule has 7 nitrogen and oxygen atoms in total. The number of benzene rings is 2. The number of azo groups is 1. The Morgan fingerprint density at radius 3 is 2.33 bits per heavy atom. The van der Waals surface area contributed by atoms with Crippen molar-refractivity contribution in [3.63, 3.8) is 0 Å². The minimum absolute atomic E-state index is 0.0780. The van der Waals surface area contributed by atoms with Gasteiger partial charge in [0.05, 0.1) is 17.1 Å². The van der Waals surface area contributed by atoms with Crippen molar-refractivity contribution in [2.24, 2.45) is 10.2 Å². The van der Waals surface area contributed by atoms with Crippen molar-refractivity contribution in [2.45, 2.75) is 25.3 Å². The summed E-state index contributed by atoms with van der Waals surface area (Å²) in [5.74, 6) is 0. The van der Waals surface area contributed by atoms with Gasteiger partial charge in [-0.2, -0.15) is 5.11 Å². The van der Waals surface area contributed by atoms with Crippen molar-refractivity contribution >= 4 is 29.2 Å². The first-order valence-electron chi connectivity index (χ1n) is 9.21. The molecule has 27 heavy (non-hydrogen) atoms. The van der Waals surface area contributed by atoms with Crippen LogP contribution in [0.5, 0.6) is 0 Å². The molecule has 2 aliphatic rings. The fourth-order valence-corrected chi connectivity index (χ4v) is 3.88. The fourth-order valence-electron chi connectivity index (χ4n) is 3.88. The Morgan fingerprint density at radius 1 is 1.04 bits per heavy atom. The number of amides is 1. The predicted molar refractivity (Wildman–Crippen MR) is 108 cm³/mol. The van der Waals surface area contributed by atoms with Gasteiger partial charge >= 0.3 is 0 Å². The summed E-state index contributed by atoms with van der Waals surface area (Å²) in [4.78, 5) is 17.2. The summed E-state index contributed by atoms with van der Waals surface area (Å²) in [6.45, 7) is 0.947. The first kappa shape index (κ1) is 17.3. The highest BCUT2D eigenvalue weighted by Crippen LogP contribution is 2.38. The number of rotatable bonds is 5. The Bertz CT molecular complexity index is 808. The van der Waals surface area contributed by atoms with Gasteiger partial charge in [-0.05, 0) is 49.2 Å². The highest BCUT2D eigenvalue weighted by molar-refractivity contribution is 5.76. The first-order chi connectivity index (χ1) is 13.2. The Labute approximate surface area is 159 Å².